The fourth-order valence-electron chi connectivity index (χ4n) is 3.06. The minimum absolute atomic E-state index is 0.138. The number of anilines is 1. The molecular formula is C18H23N5O2. The molecule has 2 amide bonds. The first-order valence-electron chi connectivity index (χ1n) is 8.71. The molecule has 0 radical (unpaired) electrons. The molecule has 25 heavy (non-hydrogen) atoms. The summed E-state index contributed by atoms with van der Waals surface area (Å²) in [4.78, 5) is 31.9. The summed E-state index contributed by atoms with van der Waals surface area (Å²) in [7, 11) is 0. The van der Waals surface area contributed by atoms with Crippen molar-refractivity contribution in [2.24, 2.45) is 0 Å². The highest BCUT2D eigenvalue weighted by molar-refractivity contribution is 5.92. The van der Waals surface area contributed by atoms with Crippen LogP contribution in [0.1, 0.15) is 55.9 Å². The summed E-state index contributed by atoms with van der Waals surface area (Å²) in [5, 5.41) is 5.76. The van der Waals surface area contributed by atoms with Crippen molar-refractivity contribution in [3.63, 3.8) is 0 Å². The van der Waals surface area contributed by atoms with Crippen molar-refractivity contribution < 1.29 is 9.59 Å². The van der Waals surface area contributed by atoms with E-state index in [1.165, 1.54) is 32.6 Å². The minimum atomic E-state index is -0.144. The summed E-state index contributed by atoms with van der Waals surface area (Å²) in [5.74, 6) is 0.352. The average Bonchev–Trinajstić information content (AvgIpc) is 2.94. The maximum absolute atomic E-state index is 12.4. The van der Waals surface area contributed by atoms with E-state index in [9.17, 15) is 9.59 Å². The predicted octanol–water partition coefficient (Wildman–Crippen LogP) is 2.68. The fourth-order valence-corrected chi connectivity index (χ4v) is 3.06. The number of aromatic nitrogens is 3. The molecule has 0 aromatic carbocycles. The smallest absolute Gasteiger partial charge is 0.271 e. The van der Waals surface area contributed by atoms with Crippen LogP contribution >= 0.6 is 0 Å². The zero-order chi connectivity index (χ0) is 17.6. The van der Waals surface area contributed by atoms with Crippen LogP contribution in [0.15, 0.2) is 30.9 Å². The molecule has 2 aromatic rings. The van der Waals surface area contributed by atoms with E-state index in [4.69, 9.17) is 0 Å². The van der Waals surface area contributed by atoms with Crippen molar-refractivity contribution in [3.05, 3.63) is 36.5 Å². The molecule has 0 unspecified atom stereocenters. The second-order valence-corrected chi connectivity index (χ2v) is 6.41. The van der Waals surface area contributed by atoms with E-state index in [1.807, 2.05) is 0 Å². The van der Waals surface area contributed by atoms with Crippen molar-refractivity contribution in [1.82, 2.24) is 19.9 Å². The number of imidazole rings is 1. The van der Waals surface area contributed by atoms with E-state index in [-0.39, 0.29) is 17.9 Å². The van der Waals surface area contributed by atoms with Gasteiger partial charge in [-0.05, 0) is 25.0 Å². The lowest BCUT2D eigenvalue weighted by atomic mass is 10.1. The van der Waals surface area contributed by atoms with Gasteiger partial charge in [-0.2, -0.15) is 0 Å². The van der Waals surface area contributed by atoms with Gasteiger partial charge in [0, 0.05) is 19.2 Å². The molecule has 0 aliphatic heterocycles. The van der Waals surface area contributed by atoms with Crippen molar-refractivity contribution in [2.75, 3.05) is 5.32 Å². The normalized spacial score (nSPS) is 15.4. The Hall–Kier alpha value is -2.70. The molecule has 2 N–H and O–H groups in total. The third-order valence-electron chi connectivity index (χ3n) is 4.34. The molecule has 132 valence electrons. The van der Waals surface area contributed by atoms with Crippen LogP contribution in [0.25, 0.3) is 5.82 Å². The number of carbonyl (C=O) groups is 2. The molecule has 1 aliphatic carbocycles. The largest absolute Gasteiger partial charge is 0.348 e. The third-order valence-corrected chi connectivity index (χ3v) is 4.34. The van der Waals surface area contributed by atoms with Gasteiger partial charge in [-0.25, -0.2) is 9.97 Å². The summed E-state index contributed by atoms with van der Waals surface area (Å²) in [6.45, 7) is 1.45. The Morgan fingerprint density at radius 3 is 2.52 bits per heavy atom. The molecule has 3 rings (SSSR count). The van der Waals surface area contributed by atoms with Gasteiger partial charge in [0.05, 0.1) is 11.9 Å². The van der Waals surface area contributed by atoms with Gasteiger partial charge in [0.25, 0.3) is 5.91 Å². The van der Waals surface area contributed by atoms with Crippen LogP contribution in [-0.2, 0) is 4.79 Å². The third kappa shape index (κ3) is 4.65. The molecule has 7 nitrogen and oxygen atoms in total. The van der Waals surface area contributed by atoms with Crippen molar-refractivity contribution >= 4 is 17.5 Å². The topological polar surface area (TPSA) is 88.9 Å². The summed E-state index contributed by atoms with van der Waals surface area (Å²) in [6.07, 6.45) is 11.7. The second kappa shape index (κ2) is 7.92. The van der Waals surface area contributed by atoms with E-state index in [2.05, 4.69) is 20.6 Å². The Kier molecular flexibility index (Phi) is 5.42. The zero-order valence-corrected chi connectivity index (χ0v) is 14.4. The van der Waals surface area contributed by atoms with Crippen LogP contribution in [0.2, 0.25) is 0 Å². The monoisotopic (exact) mass is 341 g/mol. The number of carbonyl (C=O) groups excluding carboxylic acids is 2. The molecule has 2 aromatic heterocycles. The Balaban J connectivity index is 1.64. The maximum atomic E-state index is 12.4. The number of hydrogen-bond acceptors (Lipinski definition) is 4. The number of pyridine rings is 1. The average molecular weight is 341 g/mol. The van der Waals surface area contributed by atoms with Gasteiger partial charge in [-0.15, -0.1) is 0 Å². The lowest BCUT2D eigenvalue weighted by Crippen LogP contribution is -2.34. The highest BCUT2D eigenvalue weighted by Gasteiger charge is 2.17. The zero-order valence-electron chi connectivity index (χ0n) is 14.4. The molecular weight excluding hydrogens is 318 g/mol. The van der Waals surface area contributed by atoms with Crippen LogP contribution < -0.4 is 10.6 Å². The molecule has 1 aliphatic rings. The summed E-state index contributed by atoms with van der Waals surface area (Å²) >= 11 is 0. The van der Waals surface area contributed by atoms with Gasteiger partial charge in [-0.1, -0.05) is 25.7 Å². The number of rotatable bonds is 4. The van der Waals surface area contributed by atoms with Gasteiger partial charge in [0.2, 0.25) is 5.91 Å². The quantitative estimate of drug-likeness (QED) is 0.837. The van der Waals surface area contributed by atoms with Gasteiger partial charge in [0.15, 0.2) is 0 Å². The Labute approximate surface area is 146 Å². The fraction of sp³-hybridized carbons (Fsp3) is 0.444. The summed E-state index contributed by atoms with van der Waals surface area (Å²) in [6, 6.07) is 3.77. The van der Waals surface area contributed by atoms with E-state index < -0.39 is 0 Å². The number of nitrogens with one attached hydrogen (secondary N) is 2. The van der Waals surface area contributed by atoms with Crippen molar-refractivity contribution in [1.29, 1.82) is 0 Å². The highest BCUT2D eigenvalue weighted by atomic mass is 16.2. The lowest BCUT2D eigenvalue weighted by molar-refractivity contribution is -0.114. The first kappa shape index (κ1) is 17.1. The van der Waals surface area contributed by atoms with Crippen molar-refractivity contribution in [2.45, 2.75) is 51.5 Å². The van der Waals surface area contributed by atoms with Gasteiger partial charge in [-0.3, -0.25) is 14.2 Å². The molecule has 0 saturated heterocycles. The molecule has 1 saturated carbocycles. The Bertz CT molecular complexity index is 730. The highest BCUT2D eigenvalue weighted by Crippen LogP contribution is 2.17. The van der Waals surface area contributed by atoms with Gasteiger partial charge >= 0.3 is 0 Å². The molecule has 1 fully saturated rings. The first-order chi connectivity index (χ1) is 12.1. The van der Waals surface area contributed by atoms with Gasteiger partial charge in [0.1, 0.15) is 17.8 Å². The summed E-state index contributed by atoms with van der Waals surface area (Å²) in [5.41, 5.74) is 1.01. The molecule has 2 heterocycles. The predicted molar refractivity (Wildman–Crippen MR) is 94.6 cm³/mol. The van der Waals surface area contributed by atoms with Crippen molar-refractivity contribution in [3.8, 4) is 5.82 Å². The number of amides is 2. The molecule has 7 heteroatoms. The Morgan fingerprint density at radius 1 is 1.12 bits per heavy atom. The standard InChI is InChI=1S/C18H23N5O2/c1-13(24)21-15-8-9-17(19-10-15)23-11-16(20-12-23)18(25)22-14-6-4-2-3-5-7-14/h8-12,14H,2-7H2,1H3,(H,21,24)(H,22,25). The second-order valence-electron chi connectivity index (χ2n) is 6.41. The number of hydrogen-bond donors (Lipinski definition) is 2. The molecule has 0 spiro atoms. The van der Waals surface area contributed by atoms with Crippen LogP contribution in [0.4, 0.5) is 5.69 Å². The van der Waals surface area contributed by atoms with Crippen LogP contribution in [-0.4, -0.2) is 32.4 Å². The van der Waals surface area contributed by atoms with Gasteiger partial charge < -0.3 is 10.6 Å². The van der Waals surface area contributed by atoms with Crippen LogP contribution in [0, 0.1) is 0 Å². The Morgan fingerprint density at radius 2 is 1.88 bits per heavy atom. The summed E-state index contributed by atoms with van der Waals surface area (Å²) < 4.78 is 1.69. The van der Waals surface area contributed by atoms with E-state index in [1.54, 1.807) is 35.4 Å². The first-order valence-corrected chi connectivity index (χ1v) is 8.71. The SMILES string of the molecule is CC(=O)Nc1ccc(-n2cnc(C(=O)NC3CCCCCC3)c2)nc1. The number of nitrogens with zero attached hydrogens (tertiary/aromatic N) is 3. The van der Waals surface area contributed by atoms with E-state index in [0.29, 0.717) is 17.2 Å². The van der Waals surface area contributed by atoms with E-state index in [0.717, 1.165) is 12.8 Å². The van der Waals surface area contributed by atoms with E-state index >= 15 is 0 Å². The minimum Gasteiger partial charge on any atom is -0.348 e. The van der Waals surface area contributed by atoms with Crippen LogP contribution in [0.5, 0.6) is 0 Å². The lowest BCUT2D eigenvalue weighted by Gasteiger charge is -2.15. The molecule has 0 bridgehead atoms. The maximum Gasteiger partial charge on any atom is 0.271 e. The van der Waals surface area contributed by atoms with Crippen LogP contribution in [0.3, 0.4) is 0 Å². The molecule has 0 atom stereocenters.